The van der Waals surface area contributed by atoms with Gasteiger partial charge in [-0.15, -0.1) is 0 Å². The van der Waals surface area contributed by atoms with Crippen molar-refractivity contribution in [2.24, 2.45) is 0 Å². The summed E-state index contributed by atoms with van der Waals surface area (Å²) in [6.45, 7) is 14.7. The van der Waals surface area contributed by atoms with Gasteiger partial charge in [0.25, 0.3) is 0 Å². The Morgan fingerprint density at radius 3 is 2.79 bits per heavy atom. The van der Waals surface area contributed by atoms with Crippen molar-refractivity contribution >= 4 is 0 Å². The van der Waals surface area contributed by atoms with Gasteiger partial charge in [-0.25, -0.2) is 4.98 Å². The molecule has 0 spiro atoms. The maximum atomic E-state index is 4.52. The van der Waals surface area contributed by atoms with Crippen LogP contribution in [0.25, 0.3) is 0 Å². The molecule has 1 aromatic heterocycles. The standard InChI is InChI=1S/C15H28N4/c1-5-7-18-8-6-16-15(18)12-17-9-10-19(13(2)3)14(4)11-17/h6,8,13-14H,5,7,9-12H2,1-4H3/t14-/m1/s1. The van der Waals surface area contributed by atoms with E-state index in [1.54, 1.807) is 0 Å². The zero-order valence-electron chi connectivity index (χ0n) is 12.8. The minimum absolute atomic E-state index is 0.642. The van der Waals surface area contributed by atoms with Crippen LogP contribution in [0.2, 0.25) is 0 Å². The molecule has 0 saturated carbocycles. The quantitative estimate of drug-likeness (QED) is 0.815. The second kappa shape index (κ2) is 6.53. The van der Waals surface area contributed by atoms with E-state index in [1.165, 1.54) is 18.8 Å². The predicted octanol–water partition coefficient (Wildman–Crippen LogP) is 2.21. The van der Waals surface area contributed by atoms with Crippen molar-refractivity contribution in [2.75, 3.05) is 19.6 Å². The molecule has 1 aliphatic heterocycles. The first kappa shape index (κ1) is 14.5. The molecule has 2 heterocycles. The van der Waals surface area contributed by atoms with Crippen LogP contribution in [-0.2, 0) is 13.1 Å². The van der Waals surface area contributed by atoms with Gasteiger partial charge >= 0.3 is 0 Å². The van der Waals surface area contributed by atoms with E-state index in [0.29, 0.717) is 12.1 Å². The van der Waals surface area contributed by atoms with Crippen molar-refractivity contribution in [3.05, 3.63) is 18.2 Å². The summed E-state index contributed by atoms with van der Waals surface area (Å²) in [5.74, 6) is 1.21. The number of piperazine rings is 1. The summed E-state index contributed by atoms with van der Waals surface area (Å²) >= 11 is 0. The first-order valence-electron chi connectivity index (χ1n) is 7.60. The monoisotopic (exact) mass is 264 g/mol. The zero-order chi connectivity index (χ0) is 13.8. The molecule has 0 amide bonds. The first-order chi connectivity index (χ1) is 9.11. The lowest BCUT2D eigenvalue weighted by Gasteiger charge is -2.42. The normalized spacial score (nSPS) is 22.3. The topological polar surface area (TPSA) is 24.3 Å². The molecule has 0 unspecified atom stereocenters. The van der Waals surface area contributed by atoms with Gasteiger partial charge in [0.05, 0.1) is 6.54 Å². The molecule has 4 heteroatoms. The number of hydrogen-bond acceptors (Lipinski definition) is 3. The molecule has 1 aliphatic rings. The van der Waals surface area contributed by atoms with Gasteiger partial charge in [-0.3, -0.25) is 9.80 Å². The molecule has 0 aromatic carbocycles. The van der Waals surface area contributed by atoms with E-state index in [4.69, 9.17) is 0 Å². The number of nitrogens with zero attached hydrogens (tertiary/aromatic N) is 4. The molecule has 108 valence electrons. The van der Waals surface area contributed by atoms with E-state index in [1.807, 2.05) is 6.20 Å². The molecule has 2 rings (SSSR count). The highest BCUT2D eigenvalue weighted by Gasteiger charge is 2.25. The Morgan fingerprint density at radius 2 is 2.16 bits per heavy atom. The summed E-state index contributed by atoms with van der Waals surface area (Å²) in [6, 6.07) is 1.29. The Balaban J connectivity index is 1.92. The molecule has 19 heavy (non-hydrogen) atoms. The molecule has 0 bridgehead atoms. The Morgan fingerprint density at radius 1 is 1.37 bits per heavy atom. The highest BCUT2D eigenvalue weighted by molar-refractivity contribution is 4.94. The molecular formula is C15H28N4. The van der Waals surface area contributed by atoms with Gasteiger partial charge in [-0.2, -0.15) is 0 Å². The van der Waals surface area contributed by atoms with Gasteiger partial charge in [0.2, 0.25) is 0 Å². The minimum Gasteiger partial charge on any atom is -0.334 e. The number of rotatable bonds is 5. The van der Waals surface area contributed by atoms with Crippen molar-refractivity contribution in [3.8, 4) is 0 Å². The summed E-state index contributed by atoms with van der Waals surface area (Å²) in [5.41, 5.74) is 0. The summed E-state index contributed by atoms with van der Waals surface area (Å²) in [7, 11) is 0. The van der Waals surface area contributed by atoms with Crippen LogP contribution >= 0.6 is 0 Å². The van der Waals surface area contributed by atoms with Crippen molar-refractivity contribution in [1.29, 1.82) is 0 Å². The fraction of sp³-hybridized carbons (Fsp3) is 0.800. The molecular weight excluding hydrogens is 236 g/mol. The summed E-state index contributed by atoms with van der Waals surface area (Å²) in [4.78, 5) is 9.65. The van der Waals surface area contributed by atoms with E-state index in [0.717, 1.165) is 26.2 Å². The number of aryl methyl sites for hydroxylation is 1. The van der Waals surface area contributed by atoms with Crippen LogP contribution in [0.1, 0.15) is 39.9 Å². The SMILES string of the molecule is CCCn1ccnc1CN1CCN(C(C)C)[C@H](C)C1. The van der Waals surface area contributed by atoms with E-state index in [9.17, 15) is 0 Å². The van der Waals surface area contributed by atoms with Crippen molar-refractivity contribution in [1.82, 2.24) is 19.4 Å². The predicted molar refractivity (Wildman–Crippen MR) is 79.1 cm³/mol. The fourth-order valence-electron chi connectivity index (χ4n) is 3.09. The smallest absolute Gasteiger partial charge is 0.122 e. The van der Waals surface area contributed by atoms with E-state index in [2.05, 4.69) is 53.2 Å². The second-order valence-electron chi connectivity index (χ2n) is 5.95. The number of imidazole rings is 1. The molecule has 1 fully saturated rings. The van der Waals surface area contributed by atoms with Crippen LogP contribution in [0.15, 0.2) is 12.4 Å². The molecule has 1 aromatic rings. The van der Waals surface area contributed by atoms with Gasteiger partial charge in [0.1, 0.15) is 5.82 Å². The maximum Gasteiger partial charge on any atom is 0.122 e. The first-order valence-corrected chi connectivity index (χ1v) is 7.60. The van der Waals surface area contributed by atoms with Gasteiger partial charge < -0.3 is 4.57 Å². The molecule has 1 atom stereocenters. The molecule has 1 saturated heterocycles. The van der Waals surface area contributed by atoms with Crippen LogP contribution in [0, 0.1) is 0 Å². The molecule has 0 aliphatic carbocycles. The lowest BCUT2D eigenvalue weighted by molar-refractivity contribution is 0.0546. The fourth-order valence-corrected chi connectivity index (χ4v) is 3.09. The third kappa shape index (κ3) is 3.57. The van der Waals surface area contributed by atoms with E-state index < -0.39 is 0 Å². The average molecular weight is 264 g/mol. The molecule has 0 radical (unpaired) electrons. The highest BCUT2D eigenvalue weighted by Crippen LogP contribution is 2.15. The van der Waals surface area contributed by atoms with Crippen LogP contribution in [0.3, 0.4) is 0 Å². The maximum absolute atomic E-state index is 4.52. The average Bonchev–Trinajstić information content (AvgIpc) is 2.77. The van der Waals surface area contributed by atoms with Gasteiger partial charge in [-0.05, 0) is 27.2 Å². The van der Waals surface area contributed by atoms with Crippen molar-refractivity contribution in [3.63, 3.8) is 0 Å². The third-order valence-corrected chi connectivity index (χ3v) is 4.06. The van der Waals surface area contributed by atoms with E-state index >= 15 is 0 Å². The van der Waals surface area contributed by atoms with Gasteiger partial charge in [-0.1, -0.05) is 6.92 Å². The van der Waals surface area contributed by atoms with Crippen LogP contribution < -0.4 is 0 Å². The lowest BCUT2D eigenvalue weighted by atomic mass is 10.1. The van der Waals surface area contributed by atoms with Crippen molar-refractivity contribution < 1.29 is 0 Å². The summed E-state index contributed by atoms with van der Waals surface area (Å²) in [5, 5.41) is 0. The van der Waals surface area contributed by atoms with Crippen LogP contribution in [0.4, 0.5) is 0 Å². The third-order valence-electron chi connectivity index (χ3n) is 4.06. The Labute approximate surface area is 117 Å². The largest absolute Gasteiger partial charge is 0.334 e. The molecule has 0 N–H and O–H groups in total. The second-order valence-corrected chi connectivity index (χ2v) is 5.95. The van der Waals surface area contributed by atoms with Gasteiger partial charge in [0.15, 0.2) is 0 Å². The van der Waals surface area contributed by atoms with Gasteiger partial charge in [0, 0.05) is 50.7 Å². The Kier molecular flexibility index (Phi) is 4.99. The van der Waals surface area contributed by atoms with Crippen LogP contribution in [-0.4, -0.2) is 51.1 Å². The van der Waals surface area contributed by atoms with E-state index in [-0.39, 0.29) is 0 Å². The van der Waals surface area contributed by atoms with Crippen molar-refractivity contribution in [2.45, 2.75) is 59.3 Å². The Bertz CT molecular complexity index is 385. The molecule has 4 nitrogen and oxygen atoms in total. The van der Waals surface area contributed by atoms with Crippen LogP contribution in [0.5, 0.6) is 0 Å². The highest BCUT2D eigenvalue weighted by atomic mass is 15.3. The number of aromatic nitrogens is 2. The minimum atomic E-state index is 0.642. The summed E-state index contributed by atoms with van der Waals surface area (Å²) in [6.07, 6.45) is 5.20. The zero-order valence-corrected chi connectivity index (χ0v) is 12.8. The number of hydrogen-bond donors (Lipinski definition) is 0. The Hall–Kier alpha value is -0.870. The summed E-state index contributed by atoms with van der Waals surface area (Å²) < 4.78 is 2.29. The lowest BCUT2D eigenvalue weighted by Crippen LogP contribution is -2.53.